The van der Waals surface area contributed by atoms with Crippen molar-refractivity contribution in [1.29, 1.82) is 0 Å². The van der Waals surface area contributed by atoms with E-state index in [2.05, 4.69) is 59.3 Å². The molecule has 0 aliphatic heterocycles. The van der Waals surface area contributed by atoms with E-state index in [1.54, 1.807) is 0 Å². The van der Waals surface area contributed by atoms with Crippen LogP contribution in [-0.2, 0) is 13.0 Å². The number of hydrogen-bond acceptors (Lipinski definition) is 2. The van der Waals surface area contributed by atoms with Crippen molar-refractivity contribution >= 4 is 0 Å². The molecule has 1 aromatic heterocycles. The fourth-order valence-corrected chi connectivity index (χ4v) is 2.53. The van der Waals surface area contributed by atoms with Gasteiger partial charge < -0.3 is 5.32 Å². The number of hydrogen-bond donors (Lipinski definition) is 1. The smallest absolute Gasteiger partial charge is 0.0746 e. The van der Waals surface area contributed by atoms with Crippen LogP contribution in [0.1, 0.15) is 42.4 Å². The zero-order valence-corrected chi connectivity index (χ0v) is 12.3. The molecule has 0 spiro atoms. The van der Waals surface area contributed by atoms with Crippen molar-refractivity contribution in [3.05, 3.63) is 52.8 Å². The van der Waals surface area contributed by atoms with Crippen LogP contribution < -0.4 is 5.32 Å². The highest BCUT2D eigenvalue weighted by molar-refractivity contribution is 5.32. The molecule has 1 unspecified atom stereocenters. The van der Waals surface area contributed by atoms with E-state index in [0.717, 1.165) is 18.7 Å². The molecule has 2 rings (SSSR count). The second-order valence-corrected chi connectivity index (χ2v) is 4.85. The number of rotatable bonds is 5. The fraction of sp³-hybridized carbons (Fsp3) is 0.438. The molecule has 0 saturated carbocycles. The van der Waals surface area contributed by atoms with E-state index >= 15 is 0 Å². The summed E-state index contributed by atoms with van der Waals surface area (Å²) in [5, 5.41) is 7.96. The first-order valence-corrected chi connectivity index (χ1v) is 7.00. The fourth-order valence-electron chi connectivity index (χ4n) is 2.53. The van der Waals surface area contributed by atoms with Crippen LogP contribution in [0.15, 0.2) is 30.3 Å². The SMILES string of the molecule is CCc1cccc(C(NC)c2cc(C)nn2CC)c1. The third-order valence-corrected chi connectivity index (χ3v) is 3.51. The van der Waals surface area contributed by atoms with E-state index in [9.17, 15) is 0 Å². The molecule has 1 aromatic carbocycles. The van der Waals surface area contributed by atoms with Gasteiger partial charge in [-0.3, -0.25) is 4.68 Å². The number of aromatic nitrogens is 2. The summed E-state index contributed by atoms with van der Waals surface area (Å²) in [6.45, 7) is 7.26. The predicted octanol–water partition coefficient (Wildman–Crippen LogP) is 3.08. The lowest BCUT2D eigenvalue weighted by Gasteiger charge is -2.18. The van der Waals surface area contributed by atoms with Gasteiger partial charge in [-0.2, -0.15) is 5.10 Å². The lowest BCUT2D eigenvalue weighted by Crippen LogP contribution is -2.21. The summed E-state index contributed by atoms with van der Waals surface area (Å²) in [4.78, 5) is 0. The summed E-state index contributed by atoms with van der Waals surface area (Å²) in [5.74, 6) is 0. The minimum absolute atomic E-state index is 0.202. The molecule has 0 bridgehead atoms. The molecule has 0 fully saturated rings. The van der Waals surface area contributed by atoms with Crippen molar-refractivity contribution in [3.8, 4) is 0 Å². The van der Waals surface area contributed by atoms with Crippen molar-refractivity contribution in [2.45, 2.75) is 39.8 Å². The third kappa shape index (κ3) is 2.87. The average Bonchev–Trinajstić information content (AvgIpc) is 2.81. The Kier molecular flexibility index (Phi) is 4.38. The Morgan fingerprint density at radius 3 is 2.68 bits per heavy atom. The summed E-state index contributed by atoms with van der Waals surface area (Å²) in [7, 11) is 2.01. The Hall–Kier alpha value is -1.61. The minimum atomic E-state index is 0.202. The van der Waals surface area contributed by atoms with Gasteiger partial charge in [-0.1, -0.05) is 31.2 Å². The molecule has 1 N–H and O–H groups in total. The summed E-state index contributed by atoms with van der Waals surface area (Å²) < 4.78 is 2.08. The largest absolute Gasteiger partial charge is 0.308 e. The van der Waals surface area contributed by atoms with Gasteiger partial charge in [-0.05, 0) is 44.5 Å². The molecule has 3 heteroatoms. The second-order valence-electron chi connectivity index (χ2n) is 4.85. The van der Waals surface area contributed by atoms with Crippen LogP contribution in [-0.4, -0.2) is 16.8 Å². The monoisotopic (exact) mass is 257 g/mol. The molecule has 0 radical (unpaired) electrons. The lowest BCUT2D eigenvalue weighted by atomic mass is 10.00. The van der Waals surface area contributed by atoms with Crippen LogP contribution in [0.25, 0.3) is 0 Å². The minimum Gasteiger partial charge on any atom is -0.308 e. The van der Waals surface area contributed by atoms with Gasteiger partial charge in [0.15, 0.2) is 0 Å². The van der Waals surface area contributed by atoms with E-state index < -0.39 is 0 Å². The van der Waals surface area contributed by atoms with Crippen LogP contribution in [0.3, 0.4) is 0 Å². The standard InChI is InChI=1S/C16H23N3/c1-5-13-8-7-9-14(11-13)16(17-4)15-10-12(3)18-19(15)6-2/h7-11,16-17H,5-6H2,1-4H3. The Morgan fingerprint density at radius 2 is 2.05 bits per heavy atom. The molecule has 102 valence electrons. The van der Waals surface area contributed by atoms with Gasteiger partial charge in [0.1, 0.15) is 0 Å². The first-order chi connectivity index (χ1) is 9.19. The van der Waals surface area contributed by atoms with Gasteiger partial charge in [0.2, 0.25) is 0 Å². The van der Waals surface area contributed by atoms with Gasteiger partial charge >= 0.3 is 0 Å². The van der Waals surface area contributed by atoms with Crippen molar-refractivity contribution in [1.82, 2.24) is 15.1 Å². The van der Waals surface area contributed by atoms with E-state index in [1.165, 1.54) is 16.8 Å². The molecule has 0 amide bonds. The van der Waals surface area contributed by atoms with Crippen LogP contribution in [0.4, 0.5) is 0 Å². The van der Waals surface area contributed by atoms with Gasteiger partial charge in [-0.15, -0.1) is 0 Å². The van der Waals surface area contributed by atoms with Gasteiger partial charge in [0.05, 0.1) is 17.4 Å². The number of aryl methyl sites for hydroxylation is 3. The highest BCUT2D eigenvalue weighted by Gasteiger charge is 2.17. The maximum atomic E-state index is 4.54. The van der Waals surface area contributed by atoms with E-state index in [-0.39, 0.29) is 6.04 Å². The summed E-state index contributed by atoms with van der Waals surface area (Å²) in [6, 6.07) is 11.2. The first-order valence-electron chi connectivity index (χ1n) is 7.00. The second kappa shape index (κ2) is 6.02. The normalized spacial score (nSPS) is 12.6. The number of nitrogens with zero attached hydrogens (tertiary/aromatic N) is 2. The van der Waals surface area contributed by atoms with E-state index in [1.807, 2.05) is 14.0 Å². The van der Waals surface area contributed by atoms with Crippen molar-refractivity contribution in [2.24, 2.45) is 0 Å². The first kappa shape index (κ1) is 13.8. The van der Waals surface area contributed by atoms with Crippen LogP contribution in [0.2, 0.25) is 0 Å². The van der Waals surface area contributed by atoms with Crippen LogP contribution in [0.5, 0.6) is 0 Å². The highest BCUT2D eigenvalue weighted by atomic mass is 15.3. The lowest BCUT2D eigenvalue weighted by molar-refractivity contribution is 0.561. The molecule has 19 heavy (non-hydrogen) atoms. The average molecular weight is 257 g/mol. The maximum absolute atomic E-state index is 4.54. The Morgan fingerprint density at radius 1 is 1.26 bits per heavy atom. The number of benzene rings is 1. The topological polar surface area (TPSA) is 29.9 Å². The Labute approximate surface area is 115 Å². The predicted molar refractivity (Wildman–Crippen MR) is 79.4 cm³/mol. The molecule has 0 aliphatic carbocycles. The molecule has 1 atom stereocenters. The van der Waals surface area contributed by atoms with Crippen LogP contribution >= 0.6 is 0 Å². The molecular formula is C16H23N3. The maximum Gasteiger partial charge on any atom is 0.0746 e. The van der Waals surface area contributed by atoms with Crippen molar-refractivity contribution < 1.29 is 0 Å². The molecular weight excluding hydrogens is 234 g/mol. The molecule has 1 heterocycles. The van der Waals surface area contributed by atoms with Crippen molar-refractivity contribution in [2.75, 3.05) is 7.05 Å². The quantitative estimate of drug-likeness (QED) is 0.892. The summed E-state index contributed by atoms with van der Waals surface area (Å²) >= 11 is 0. The van der Waals surface area contributed by atoms with Crippen LogP contribution in [0, 0.1) is 6.92 Å². The van der Waals surface area contributed by atoms with Gasteiger partial charge in [-0.25, -0.2) is 0 Å². The van der Waals surface area contributed by atoms with Gasteiger partial charge in [0.25, 0.3) is 0 Å². The summed E-state index contributed by atoms with van der Waals surface area (Å²) in [6.07, 6.45) is 1.07. The zero-order chi connectivity index (χ0) is 13.8. The van der Waals surface area contributed by atoms with E-state index in [0.29, 0.717) is 0 Å². The summed E-state index contributed by atoms with van der Waals surface area (Å²) in [5.41, 5.74) is 4.98. The molecule has 3 nitrogen and oxygen atoms in total. The molecule has 2 aromatic rings. The number of nitrogens with one attached hydrogen (secondary N) is 1. The third-order valence-electron chi connectivity index (χ3n) is 3.51. The molecule has 0 aliphatic rings. The Balaban J connectivity index is 2.43. The van der Waals surface area contributed by atoms with E-state index in [4.69, 9.17) is 0 Å². The zero-order valence-electron chi connectivity index (χ0n) is 12.3. The molecule has 0 saturated heterocycles. The highest BCUT2D eigenvalue weighted by Crippen LogP contribution is 2.23. The van der Waals surface area contributed by atoms with Crippen molar-refractivity contribution in [3.63, 3.8) is 0 Å². The van der Waals surface area contributed by atoms with Gasteiger partial charge in [0, 0.05) is 6.54 Å². The Bertz CT molecular complexity index is 543.